The maximum Gasteiger partial charge on any atom is 0.257 e. The van der Waals surface area contributed by atoms with Gasteiger partial charge in [-0.25, -0.2) is 0 Å². The lowest BCUT2D eigenvalue weighted by Gasteiger charge is -2.38. The van der Waals surface area contributed by atoms with Crippen molar-refractivity contribution in [2.24, 2.45) is 11.1 Å². The molecule has 0 aliphatic carbocycles. The minimum atomic E-state index is 0.0703. The van der Waals surface area contributed by atoms with Crippen LogP contribution in [0.1, 0.15) is 35.9 Å². The van der Waals surface area contributed by atoms with Crippen molar-refractivity contribution in [3.8, 4) is 0 Å². The second-order valence-corrected chi connectivity index (χ2v) is 5.25. The lowest BCUT2D eigenvalue weighted by molar-refractivity contribution is 0.0617. The van der Waals surface area contributed by atoms with Crippen molar-refractivity contribution in [3.63, 3.8) is 0 Å². The predicted octanol–water partition coefficient (Wildman–Crippen LogP) is 1.79. The van der Waals surface area contributed by atoms with E-state index in [2.05, 4.69) is 6.92 Å². The smallest absolute Gasteiger partial charge is 0.257 e. The number of piperidine rings is 1. The monoisotopic (exact) mass is 236 g/mol. The summed E-state index contributed by atoms with van der Waals surface area (Å²) >= 11 is 0. The zero-order valence-corrected chi connectivity index (χ0v) is 10.5. The van der Waals surface area contributed by atoms with E-state index in [1.807, 2.05) is 11.8 Å². The molecule has 94 valence electrons. The molecule has 1 aromatic rings. The number of aryl methyl sites for hydroxylation is 1. The first-order valence-corrected chi connectivity index (χ1v) is 6.08. The molecule has 1 saturated heterocycles. The summed E-state index contributed by atoms with van der Waals surface area (Å²) in [6.45, 7) is 6.31. The van der Waals surface area contributed by atoms with Crippen LogP contribution >= 0.6 is 0 Å². The van der Waals surface area contributed by atoms with E-state index < -0.39 is 0 Å². The number of carbonyl (C=O) groups is 1. The van der Waals surface area contributed by atoms with Crippen molar-refractivity contribution in [2.45, 2.75) is 26.7 Å². The highest BCUT2D eigenvalue weighted by Gasteiger charge is 2.31. The molecular formula is C13H20N2O2. The predicted molar refractivity (Wildman–Crippen MR) is 65.7 cm³/mol. The van der Waals surface area contributed by atoms with Crippen LogP contribution in [0.15, 0.2) is 16.7 Å². The first kappa shape index (κ1) is 12.2. The van der Waals surface area contributed by atoms with Crippen molar-refractivity contribution in [1.82, 2.24) is 4.90 Å². The molecular weight excluding hydrogens is 216 g/mol. The molecule has 17 heavy (non-hydrogen) atoms. The van der Waals surface area contributed by atoms with Crippen LogP contribution in [0, 0.1) is 12.3 Å². The Labute approximate surface area is 102 Å². The standard InChI is InChI=1S/C13H20N2O2/c1-10-7-11(8-17-10)12(16)15-5-3-13(2,9-14)4-6-15/h7-8H,3-6,9,14H2,1-2H3. The number of furan rings is 1. The van der Waals surface area contributed by atoms with Crippen LogP contribution in [0.3, 0.4) is 0 Å². The number of nitrogens with two attached hydrogens (primary N) is 1. The van der Waals surface area contributed by atoms with Crippen molar-refractivity contribution in [2.75, 3.05) is 19.6 Å². The Morgan fingerprint density at radius 2 is 2.18 bits per heavy atom. The number of amides is 1. The maximum atomic E-state index is 12.1. The number of hydrogen-bond acceptors (Lipinski definition) is 3. The van der Waals surface area contributed by atoms with E-state index in [4.69, 9.17) is 10.2 Å². The fourth-order valence-electron chi connectivity index (χ4n) is 2.19. The molecule has 0 saturated carbocycles. The molecule has 1 amide bonds. The van der Waals surface area contributed by atoms with Crippen LogP contribution in [0.5, 0.6) is 0 Å². The second-order valence-electron chi connectivity index (χ2n) is 5.25. The van der Waals surface area contributed by atoms with Gasteiger partial charge in [0.15, 0.2) is 0 Å². The summed E-state index contributed by atoms with van der Waals surface area (Å²) in [4.78, 5) is 14.0. The molecule has 1 aliphatic heterocycles. The Balaban J connectivity index is 1.99. The first-order chi connectivity index (χ1) is 8.04. The Morgan fingerprint density at radius 3 is 2.65 bits per heavy atom. The Hall–Kier alpha value is -1.29. The summed E-state index contributed by atoms with van der Waals surface area (Å²) in [6.07, 6.45) is 3.49. The molecule has 0 spiro atoms. The van der Waals surface area contributed by atoms with Gasteiger partial charge in [-0.3, -0.25) is 4.79 Å². The van der Waals surface area contributed by atoms with Crippen LogP contribution in [0.25, 0.3) is 0 Å². The van der Waals surface area contributed by atoms with Crippen molar-refractivity contribution in [1.29, 1.82) is 0 Å². The number of rotatable bonds is 2. The van der Waals surface area contributed by atoms with Gasteiger partial charge < -0.3 is 15.1 Å². The zero-order chi connectivity index (χ0) is 12.5. The topological polar surface area (TPSA) is 59.5 Å². The van der Waals surface area contributed by atoms with Crippen molar-refractivity contribution >= 4 is 5.91 Å². The van der Waals surface area contributed by atoms with E-state index in [1.54, 1.807) is 6.07 Å². The largest absolute Gasteiger partial charge is 0.469 e. The molecule has 2 heterocycles. The quantitative estimate of drug-likeness (QED) is 0.851. The Bertz CT molecular complexity index is 403. The first-order valence-electron chi connectivity index (χ1n) is 6.08. The minimum absolute atomic E-state index is 0.0703. The average Bonchev–Trinajstić information content (AvgIpc) is 2.76. The van der Waals surface area contributed by atoms with Gasteiger partial charge in [-0.05, 0) is 37.8 Å². The molecule has 1 aromatic heterocycles. The van der Waals surface area contributed by atoms with E-state index in [0.717, 1.165) is 31.7 Å². The molecule has 1 fully saturated rings. The van der Waals surface area contributed by atoms with E-state index in [0.29, 0.717) is 12.1 Å². The molecule has 0 atom stereocenters. The van der Waals surface area contributed by atoms with Crippen LogP contribution < -0.4 is 5.73 Å². The van der Waals surface area contributed by atoms with Gasteiger partial charge in [0.2, 0.25) is 0 Å². The van der Waals surface area contributed by atoms with Gasteiger partial charge in [0, 0.05) is 13.1 Å². The van der Waals surface area contributed by atoms with Gasteiger partial charge in [0.25, 0.3) is 5.91 Å². The third kappa shape index (κ3) is 2.52. The summed E-state index contributed by atoms with van der Waals surface area (Å²) in [7, 11) is 0. The normalized spacial score (nSPS) is 19.4. The van der Waals surface area contributed by atoms with Crippen LogP contribution in [0.2, 0.25) is 0 Å². The van der Waals surface area contributed by atoms with Crippen LogP contribution in [0.4, 0.5) is 0 Å². The van der Waals surface area contributed by atoms with Gasteiger partial charge >= 0.3 is 0 Å². The molecule has 4 heteroatoms. The number of nitrogens with zero attached hydrogens (tertiary/aromatic N) is 1. The van der Waals surface area contributed by atoms with Gasteiger partial charge in [0.1, 0.15) is 12.0 Å². The van der Waals surface area contributed by atoms with E-state index in [1.165, 1.54) is 6.26 Å². The number of carbonyl (C=O) groups excluding carboxylic acids is 1. The highest BCUT2D eigenvalue weighted by molar-refractivity contribution is 5.94. The van der Waals surface area contributed by atoms with Gasteiger partial charge in [0.05, 0.1) is 5.56 Å². The maximum absolute atomic E-state index is 12.1. The van der Waals surface area contributed by atoms with Crippen molar-refractivity contribution < 1.29 is 9.21 Å². The lowest BCUT2D eigenvalue weighted by Crippen LogP contribution is -2.44. The Kier molecular flexibility index (Phi) is 3.24. The summed E-state index contributed by atoms with van der Waals surface area (Å²) in [5, 5.41) is 0. The van der Waals surface area contributed by atoms with Gasteiger partial charge in [-0.2, -0.15) is 0 Å². The fraction of sp³-hybridized carbons (Fsp3) is 0.615. The third-order valence-corrected chi connectivity index (χ3v) is 3.73. The SMILES string of the molecule is Cc1cc(C(=O)N2CCC(C)(CN)CC2)co1. The summed E-state index contributed by atoms with van der Waals surface area (Å²) in [5.41, 5.74) is 6.60. The van der Waals surface area contributed by atoms with E-state index >= 15 is 0 Å². The van der Waals surface area contributed by atoms with Crippen LogP contribution in [-0.2, 0) is 0 Å². The molecule has 0 bridgehead atoms. The summed E-state index contributed by atoms with van der Waals surface area (Å²) < 4.78 is 5.17. The highest BCUT2D eigenvalue weighted by Crippen LogP contribution is 2.30. The molecule has 0 unspecified atom stereocenters. The van der Waals surface area contributed by atoms with Gasteiger partial charge in [-0.15, -0.1) is 0 Å². The molecule has 2 rings (SSSR count). The van der Waals surface area contributed by atoms with E-state index in [9.17, 15) is 4.79 Å². The van der Waals surface area contributed by atoms with Gasteiger partial charge in [-0.1, -0.05) is 6.92 Å². The lowest BCUT2D eigenvalue weighted by atomic mass is 9.80. The van der Waals surface area contributed by atoms with E-state index in [-0.39, 0.29) is 11.3 Å². The fourth-order valence-corrected chi connectivity index (χ4v) is 2.19. The second kappa shape index (κ2) is 4.53. The zero-order valence-electron chi connectivity index (χ0n) is 10.5. The molecule has 0 aromatic carbocycles. The molecule has 4 nitrogen and oxygen atoms in total. The number of likely N-dealkylation sites (tertiary alicyclic amines) is 1. The number of hydrogen-bond donors (Lipinski definition) is 1. The molecule has 2 N–H and O–H groups in total. The molecule has 0 radical (unpaired) electrons. The van der Waals surface area contributed by atoms with Crippen LogP contribution in [-0.4, -0.2) is 30.4 Å². The minimum Gasteiger partial charge on any atom is -0.469 e. The third-order valence-electron chi connectivity index (χ3n) is 3.73. The Morgan fingerprint density at radius 1 is 1.53 bits per heavy atom. The summed E-state index contributed by atoms with van der Waals surface area (Å²) in [6, 6.07) is 1.79. The van der Waals surface area contributed by atoms with Crippen molar-refractivity contribution in [3.05, 3.63) is 23.7 Å². The summed E-state index contributed by atoms with van der Waals surface area (Å²) in [5.74, 6) is 0.845. The highest BCUT2D eigenvalue weighted by atomic mass is 16.3. The molecule has 1 aliphatic rings. The average molecular weight is 236 g/mol.